The molecule has 9 nitrogen and oxygen atoms in total. The second kappa shape index (κ2) is 8.32. The Balaban J connectivity index is 1.45. The number of aromatic amines is 1. The first kappa shape index (κ1) is 21.9. The summed E-state index contributed by atoms with van der Waals surface area (Å²) in [5.41, 5.74) is 1.95. The lowest BCUT2D eigenvalue weighted by molar-refractivity contribution is -0.385. The number of piperazine rings is 1. The third-order valence-electron chi connectivity index (χ3n) is 5.67. The maximum absolute atomic E-state index is 13.7. The van der Waals surface area contributed by atoms with Crippen molar-refractivity contribution in [3.63, 3.8) is 0 Å². The lowest BCUT2D eigenvalue weighted by atomic mass is 10.1. The third-order valence-corrected chi connectivity index (χ3v) is 7.56. The Hall–Kier alpha value is -3.31. The molecule has 1 amide bonds. The van der Waals surface area contributed by atoms with Gasteiger partial charge in [0, 0.05) is 54.9 Å². The Bertz CT molecular complexity index is 1310. The van der Waals surface area contributed by atoms with E-state index >= 15 is 0 Å². The maximum atomic E-state index is 13.7. The Morgan fingerprint density at radius 1 is 1.16 bits per heavy atom. The van der Waals surface area contributed by atoms with Gasteiger partial charge in [-0.05, 0) is 36.8 Å². The van der Waals surface area contributed by atoms with E-state index in [1.807, 2.05) is 6.92 Å². The number of aryl methyl sites for hydroxylation is 1. The van der Waals surface area contributed by atoms with Crippen LogP contribution in [0.1, 0.15) is 11.3 Å². The molecule has 0 bridgehead atoms. The second-order valence-corrected chi connectivity index (χ2v) is 9.57. The van der Waals surface area contributed by atoms with Gasteiger partial charge in [0.15, 0.2) is 0 Å². The number of H-pyrrole nitrogens is 1. The van der Waals surface area contributed by atoms with E-state index < -0.39 is 14.9 Å². The number of amides is 1. The van der Waals surface area contributed by atoms with E-state index in [1.54, 1.807) is 11.0 Å². The largest absolute Gasteiger partial charge is 0.358 e. The van der Waals surface area contributed by atoms with Gasteiger partial charge in [-0.25, -0.2) is 12.8 Å². The summed E-state index contributed by atoms with van der Waals surface area (Å²) in [4.78, 5) is 27.8. The van der Waals surface area contributed by atoms with Gasteiger partial charge in [0.25, 0.3) is 5.69 Å². The number of aromatic nitrogens is 1. The van der Waals surface area contributed by atoms with Crippen LogP contribution in [0.4, 0.5) is 10.1 Å². The molecule has 1 N–H and O–H groups in total. The summed E-state index contributed by atoms with van der Waals surface area (Å²) in [5.74, 6) is -0.559. The average molecular weight is 460 g/mol. The summed E-state index contributed by atoms with van der Waals surface area (Å²) in [6.45, 7) is 2.38. The van der Waals surface area contributed by atoms with E-state index in [2.05, 4.69) is 4.98 Å². The van der Waals surface area contributed by atoms with Crippen molar-refractivity contribution in [1.82, 2.24) is 14.2 Å². The molecule has 1 saturated heterocycles. The van der Waals surface area contributed by atoms with E-state index in [4.69, 9.17) is 0 Å². The molecule has 4 rings (SSSR count). The van der Waals surface area contributed by atoms with Crippen LogP contribution in [0.25, 0.3) is 10.9 Å². The molecule has 11 heteroatoms. The van der Waals surface area contributed by atoms with E-state index in [0.717, 1.165) is 22.8 Å². The number of non-ortho nitro benzene ring substituents is 1. The van der Waals surface area contributed by atoms with Crippen LogP contribution in [0, 0.1) is 22.9 Å². The van der Waals surface area contributed by atoms with Crippen LogP contribution in [0.3, 0.4) is 0 Å². The lowest BCUT2D eigenvalue weighted by Crippen LogP contribution is -2.50. The second-order valence-electron chi connectivity index (χ2n) is 7.63. The summed E-state index contributed by atoms with van der Waals surface area (Å²) in [6, 6.07) is 9.29. The van der Waals surface area contributed by atoms with Crippen molar-refractivity contribution in [3.8, 4) is 0 Å². The van der Waals surface area contributed by atoms with Gasteiger partial charge < -0.3 is 9.88 Å². The van der Waals surface area contributed by atoms with Gasteiger partial charge in [-0.3, -0.25) is 14.9 Å². The van der Waals surface area contributed by atoms with Crippen molar-refractivity contribution >= 4 is 32.5 Å². The number of nitrogens with zero attached hydrogens (tertiary/aromatic N) is 3. The standard InChI is InChI=1S/C21H21FN4O5S/c1-14-18(19-11-15(22)5-6-20(19)23-14)13-21(27)24-7-9-25(10-8-24)32(30,31)17-4-2-3-16(12-17)26(28)29/h2-6,11-12,23H,7-10,13H2,1H3. The normalized spacial score (nSPS) is 15.2. The molecule has 0 saturated carbocycles. The van der Waals surface area contributed by atoms with Crippen LogP contribution < -0.4 is 0 Å². The molecule has 168 valence electrons. The molecular formula is C21H21FN4O5S. The predicted molar refractivity (Wildman–Crippen MR) is 115 cm³/mol. The Morgan fingerprint density at radius 3 is 2.56 bits per heavy atom. The van der Waals surface area contributed by atoms with Gasteiger partial charge >= 0.3 is 0 Å². The van der Waals surface area contributed by atoms with Crippen molar-refractivity contribution in [1.29, 1.82) is 0 Å². The van der Waals surface area contributed by atoms with Gasteiger partial charge in [0.05, 0.1) is 16.2 Å². The van der Waals surface area contributed by atoms with Gasteiger partial charge in [0.2, 0.25) is 15.9 Å². The molecule has 0 aliphatic carbocycles. The molecule has 1 aliphatic rings. The van der Waals surface area contributed by atoms with Crippen molar-refractivity contribution in [2.24, 2.45) is 0 Å². The minimum atomic E-state index is -3.91. The molecule has 2 aromatic carbocycles. The predicted octanol–water partition coefficient (Wildman–Crippen LogP) is 2.60. The highest BCUT2D eigenvalue weighted by atomic mass is 32.2. The third kappa shape index (κ3) is 4.08. The molecule has 0 atom stereocenters. The van der Waals surface area contributed by atoms with Crippen LogP contribution in [-0.2, 0) is 21.2 Å². The average Bonchev–Trinajstić information content (AvgIpc) is 3.08. The molecule has 2 heterocycles. The molecule has 1 fully saturated rings. The van der Waals surface area contributed by atoms with E-state index in [1.165, 1.54) is 34.6 Å². The fraction of sp³-hybridized carbons (Fsp3) is 0.286. The number of hydrogen-bond acceptors (Lipinski definition) is 5. The number of carbonyl (C=O) groups excluding carboxylic acids is 1. The van der Waals surface area contributed by atoms with Crippen molar-refractivity contribution < 1.29 is 22.5 Å². The van der Waals surface area contributed by atoms with Gasteiger partial charge in [0.1, 0.15) is 5.82 Å². The molecule has 0 unspecified atom stereocenters. The van der Waals surface area contributed by atoms with Gasteiger partial charge in [-0.2, -0.15) is 4.31 Å². The molecule has 32 heavy (non-hydrogen) atoms. The molecule has 3 aromatic rings. The lowest BCUT2D eigenvalue weighted by Gasteiger charge is -2.34. The maximum Gasteiger partial charge on any atom is 0.270 e. The minimum Gasteiger partial charge on any atom is -0.358 e. The summed E-state index contributed by atoms with van der Waals surface area (Å²) < 4.78 is 40.7. The molecule has 0 spiro atoms. The smallest absolute Gasteiger partial charge is 0.270 e. The van der Waals surface area contributed by atoms with Crippen LogP contribution in [0.15, 0.2) is 47.4 Å². The Kier molecular flexibility index (Phi) is 5.70. The number of nitrogens with one attached hydrogen (secondary N) is 1. The zero-order valence-electron chi connectivity index (χ0n) is 17.2. The Labute approximate surface area is 183 Å². The van der Waals surface area contributed by atoms with E-state index in [-0.39, 0.29) is 54.9 Å². The zero-order valence-corrected chi connectivity index (χ0v) is 18.1. The highest BCUT2D eigenvalue weighted by Crippen LogP contribution is 2.25. The minimum absolute atomic E-state index is 0.0763. The number of sulfonamides is 1. The fourth-order valence-corrected chi connectivity index (χ4v) is 5.39. The van der Waals surface area contributed by atoms with Gasteiger partial charge in [-0.15, -0.1) is 0 Å². The number of carbonyl (C=O) groups is 1. The quantitative estimate of drug-likeness (QED) is 0.464. The highest BCUT2D eigenvalue weighted by Gasteiger charge is 2.31. The van der Waals surface area contributed by atoms with Crippen LogP contribution >= 0.6 is 0 Å². The number of hydrogen-bond donors (Lipinski definition) is 1. The number of rotatable bonds is 5. The first-order valence-electron chi connectivity index (χ1n) is 9.96. The van der Waals surface area contributed by atoms with Crippen LogP contribution in [0.5, 0.6) is 0 Å². The number of halogens is 1. The van der Waals surface area contributed by atoms with E-state index in [0.29, 0.717) is 5.39 Å². The van der Waals surface area contributed by atoms with Crippen LogP contribution in [-0.4, -0.2) is 59.6 Å². The number of nitro benzene ring substituents is 1. The summed E-state index contributed by atoms with van der Waals surface area (Å²) in [7, 11) is -3.91. The first-order chi connectivity index (χ1) is 15.2. The fourth-order valence-electron chi connectivity index (χ4n) is 3.93. The molecule has 1 aliphatic heterocycles. The zero-order chi connectivity index (χ0) is 23.0. The van der Waals surface area contributed by atoms with Crippen LogP contribution in [0.2, 0.25) is 0 Å². The monoisotopic (exact) mass is 460 g/mol. The number of benzene rings is 2. The topological polar surface area (TPSA) is 117 Å². The summed E-state index contributed by atoms with van der Waals surface area (Å²) in [5, 5.41) is 11.6. The first-order valence-corrected chi connectivity index (χ1v) is 11.4. The molecular weight excluding hydrogens is 439 g/mol. The SMILES string of the molecule is Cc1[nH]c2ccc(F)cc2c1CC(=O)N1CCN(S(=O)(=O)c2cccc([N+](=O)[O-])c2)CC1. The van der Waals surface area contributed by atoms with Crippen molar-refractivity contribution in [2.75, 3.05) is 26.2 Å². The van der Waals surface area contributed by atoms with Gasteiger partial charge in [-0.1, -0.05) is 6.07 Å². The highest BCUT2D eigenvalue weighted by molar-refractivity contribution is 7.89. The Morgan fingerprint density at radius 2 is 1.88 bits per heavy atom. The summed E-state index contributed by atoms with van der Waals surface area (Å²) in [6.07, 6.45) is 0.0763. The number of nitro groups is 1. The summed E-state index contributed by atoms with van der Waals surface area (Å²) >= 11 is 0. The molecule has 0 radical (unpaired) electrons. The number of fused-ring (bicyclic) bond motifs is 1. The van der Waals surface area contributed by atoms with Crippen molar-refractivity contribution in [2.45, 2.75) is 18.2 Å². The van der Waals surface area contributed by atoms with Crippen molar-refractivity contribution in [3.05, 3.63) is 69.7 Å². The molecule has 1 aromatic heterocycles. The van der Waals surface area contributed by atoms with E-state index in [9.17, 15) is 27.7 Å².